The summed E-state index contributed by atoms with van der Waals surface area (Å²) < 4.78 is 36.8. The summed E-state index contributed by atoms with van der Waals surface area (Å²) in [5, 5.41) is 2.80. The Balaban J connectivity index is 2.14. The molecule has 29 heavy (non-hydrogen) atoms. The maximum Gasteiger partial charge on any atom is 0.243 e. The molecule has 1 atom stereocenters. The summed E-state index contributed by atoms with van der Waals surface area (Å²) in [5.41, 5.74) is 1.26. The molecule has 0 spiro atoms. The van der Waals surface area contributed by atoms with E-state index < -0.39 is 22.0 Å². The first-order valence-electron chi connectivity index (χ1n) is 9.48. The van der Waals surface area contributed by atoms with E-state index in [0.29, 0.717) is 30.4 Å². The number of amides is 1. The van der Waals surface area contributed by atoms with Gasteiger partial charge in [-0.05, 0) is 50.6 Å². The highest BCUT2D eigenvalue weighted by molar-refractivity contribution is 7.92. The highest BCUT2D eigenvalue weighted by atomic mass is 32.2. The van der Waals surface area contributed by atoms with Crippen molar-refractivity contribution in [1.29, 1.82) is 0 Å². The van der Waals surface area contributed by atoms with E-state index in [1.165, 1.54) is 0 Å². The minimum Gasteiger partial charge on any atom is -0.490 e. The number of benzene rings is 2. The first-order valence-corrected chi connectivity index (χ1v) is 11.3. The van der Waals surface area contributed by atoms with Crippen LogP contribution < -0.4 is 19.1 Å². The lowest BCUT2D eigenvalue weighted by molar-refractivity contribution is -0.122. The molecule has 158 valence electrons. The van der Waals surface area contributed by atoms with Crippen molar-refractivity contribution in [3.8, 4) is 11.5 Å². The highest BCUT2D eigenvalue weighted by Gasteiger charge is 2.28. The van der Waals surface area contributed by atoms with Gasteiger partial charge in [0, 0.05) is 6.54 Å². The molecule has 0 aliphatic carbocycles. The van der Waals surface area contributed by atoms with Gasteiger partial charge in [-0.2, -0.15) is 0 Å². The van der Waals surface area contributed by atoms with Crippen LogP contribution in [0.1, 0.15) is 26.3 Å². The van der Waals surface area contributed by atoms with E-state index in [1.807, 2.05) is 26.0 Å². The van der Waals surface area contributed by atoms with Gasteiger partial charge >= 0.3 is 0 Å². The van der Waals surface area contributed by atoms with E-state index in [-0.39, 0.29) is 6.54 Å². The van der Waals surface area contributed by atoms with Gasteiger partial charge in [0.05, 0.1) is 25.2 Å². The maximum absolute atomic E-state index is 12.7. The van der Waals surface area contributed by atoms with Crippen LogP contribution in [0.2, 0.25) is 0 Å². The predicted molar refractivity (Wildman–Crippen MR) is 114 cm³/mol. The number of anilines is 1. The summed E-state index contributed by atoms with van der Waals surface area (Å²) >= 11 is 0. The van der Waals surface area contributed by atoms with Gasteiger partial charge < -0.3 is 14.8 Å². The highest BCUT2D eigenvalue weighted by Crippen LogP contribution is 2.28. The Labute approximate surface area is 172 Å². The fourth-order valence-corrected chi connectivity index (χ4v) is 4.10. The number of carbonyl (C=O) groups is 1. The van der Waals surface area contributed by atoms with Gasteiger partial charge in [-0.3, -0.25) is 9.10 Å². The Hall–Kier alpha value is -2.74. The molecule has 0 radical (unpaired) electrons. The number of para-hydroxylation sites is 1. The first-order chi connectivity index (χ1) is 13.8. The van der Waals surface area contributed by atoms with E-state index >= 15 is 0 Å². The molecule has 1 amide bonds. The lowest BCUT2D eigenvalue weighted by Gasteiger charge is -2.28. The normalized spacial score (nSPS) is 12.1. The topological polar surface area (TPSA) is 84.9 Å². The third-order valence-corrected chi connectivity index (χ3v) is 5.42. The number of ether oxygens (including phenoxy) is 2. The number of rotatable bonds is 10. The summed E-state index contributed by atoms with van der Waals surface area (Å²) in [6, 6.07) is 13.1. The van der Waals surface area contributed by atoms with Crippen LogP contribution in [0.15, 0.2) is 48.5 Å². The average molecular weight is 421 g/mol. The molecule has 2 aromatic rings. The summed E-state index contributed by atoms with van der Waals surface area (Å²) in [5.74, 6) is 0.854. The van der Waals surface area contributed by atoms with E-state index in [0.717, 1.165) is 16.1 Å². The zero-order valence-corrected chi connectivity index (χ0v) is 18.0. The number of carbonyl (C=O) groups excluding carboxylic acids is 1. The zero-order valence-electron chi connectivity index (χ0n) is 17.2. The third-order valence-electron chi connectivity index (χ3n) is 4.17. The lowest BCUT2D eigenvalue weighted by Crippen LogP contribution is -2.47. The van der Waals surface area contributed by atoms with Crippen LogP contribution in [-0.2, 0) is 21.4 Å². The van der Waals surface area contributed by atoms with Crippen LogP contribution in [-0.4, -0.2) is 39.8 Å². The molecule has 2 aromatic carbocycles. The Morgan fingerprint density at radius 1 is 1.03 bits per heavy atom. The molecule has 0 heterocycles. The van der Waals surface area contributed by atoms with Crippen molar-refractivity contribution in [1.82, 2.24) is 5.32 Å². The van der Waals surface area contributed by atoms with Crippen LogP contribution in [0, 0.1) is 0 Å². The first kappa shape index (κ1) is 22.5. The fraction of sp³-hybridized carbons (Fsp3) is 0.381. The number of sulfonamides is 1. The molecule has 0 aliphatic rings. The van der Waals surface area contributed by atoms with E-state index in [2.05, 4.69) is 5.32 Å². The van der Waals surface area contributed by atoms with Gasteiger partial charge in [-0.25, -0.2) is 8.42 Å². The summed E-state index contributed by atoms with van der Waals surface area (Å²) in [6.07, 6.45) is 1.09. The third kappa shape index (κ3) is 6.12. The molecule has 0 bridgehead atoms. The van der Waals surface area contributed by atoms with Crippen LogP contribution in [0.5, 0.6) is 11.5 Å². The Morgan fingerprint density at radius 2 is 1.66 bits per heavy atom. The smallest absolute Gasteiger partial charge is 0.243 e. The van der Waals surface area contributed by atoms with Crippen LogP contribution in [0.3, 0.4) is 0 Å². The average Bonchev–Trinajstić information content (AvgIpc) is 2.68. The number of nitrogens with zero attached hydrogens (tertiary/aromatic N) is 1. The molecule has 1 N–H and O–H groups in total. The van der Waals surface area contributed by atoms with Crippen LogP contribution in [0.4, 0.5) is 5.69 Å². The molecule has 0 aliphatic heterocycles. The number of hydrogen-bond donors (Lipinski definition) is 1. The van der Waals surface area contributed by atoms with Crippen LogP contribution in [0.25, 0.3) is 0 Å². The fourth-order valence-electron chi connectivity index (χ4n) is 2.93. The largest absolute Gasteiger partial charge is 0.490 e. The van der Waals surface area contributed by atoms with Crippen molar-refractivity contribution < 1.29 is 22.7 Å². The van der Waals surface area contributed by atoms with Gasteiger partial charge in [0.2, 0.25) is 15.9 Å². The molecule has 7 nitrogen and oxygen atoms in total. The summed E-state index contributed by atoms with van der Waals surface area (Å²) in [7, 11) is -3.64. The Kier molecular flexibility index (Phi) is 7.90. The molecule has 8 heteroatoms. The van der Waals surface area contributed by atoms with Gasteiger partial charge in [0.25, 0.3) is 0 Å². The van der Waals surface area contributed by atoms with Crippen molar-refractivity contribution >= 4 is 21.6 Å². The van der Waals surface area contributed by atoms with Crippen molar-refractivity contribution in [2.24, 2.45) is 0 Å². The second kappa shape index (κ2) is 10.2. The molecular weight excluding hydrogens is 392 g/mol. The van der Waals surface area contributed by atoms with Gasteiger partial charge in [0.15, 0.2) is 11.5 Å². The van der Waals surface area contributed by atoms with Gasteiger partial charge in [-0.1, -0.05) is 24.3 Å². The predicted octanol–water partition coefficient (Wildman–Crippen LogP) is 2.95. The Morgan fingerprint density at radius 3 is 2.24 bits per heavy atom. The molecule has 2 rings (SSSR count). The van der Waals surface area contributed by atoms with E-state index in [1.54, 1.807) is 43.3 Å². The van der Waals surface area contributed by atoms with Crippen LogP contribution >= 0.6 is 0 Å². The molecule has 0 aromatic heterocycles. The minimum absolute atomic E-state index is 0.238. The number of hydrogen-bond acceptors (Lipinski definition) is 5. The maximum atomic E-state index is 12.7. The quantitative estimate of drug-likeness (QED) is 0.639. The summed E-state index contributed by atoms with van der Waals surface area (Å²) in [6.45, 7) is 6.60. The molecule has 0 unspecified atom stereocenters. The minimum atomic E-state index is -3.64. The Bertz CT molecular complexity index is 916. The monoisotopic (exact) mass is 420 g/mol. The molecular formula is C21H28N2O5S. The standard InChI is InChI=1S/C21H28N2O5S/c1-5-27-19-13-12-17(14-20(19)28-6-2)15-22-21(24)16(3)23(29(4,25)26)18-10-8-7-9-11-18/h7-14,16H,5-6,15H2,1-4H3,(H,22,24)/t16-/m0/s1. The van der Waals surface area contributed by atoms with E-state index in [4.69, 9.17) is 9.47 Å². The second-order valence-electron chi connectivity index (χ2n) is 6.44. The van der Waals surface area contributed by atoms with E-state index in [9.17, 15) is 13.2 Å². The lowest BCUT2D eigenvalue weighted by atomic mass is 10.2. The summed E-state index contributed by atoms with van der Waals surface area (Å²) in [4.78, 5) is 12.7. The molecule has 0 saturated carbocycles. The zero-order chi connectivity index (χ0) is 21.4. The van der Waals surface area contributed by atoms with Gasteiger partial charge in [0.1, 0.15) is 6.04 Å². The SMILES string of the molecule is CCOc1ccc(CNC(=O)[C@H](C)N(c2ccccc2)S(C)(=O)=O)cc1OCC. The van der Waals surface area contributed by atoms with Crippen molar-refractivity contribution in [2.45, 2.75) is 33.4 Å². The van der Waals surface area contributed by atoms with Crippen molar-refractivity contribution in [2.75, 3.05) is 23.8 Å². The second-order valence-corrected chi connectivity index (χ2v) is 8.29. The number of nitrogens with one attached hydrogen (secondary N) is 1. The van der Waals surface area contributed by atoms with Crippen molar-refractivity contribution in [3.05, 3.63) is 54.1 Å². The van der Waals surface area contributed by atoms with Gasteiger partial charge in [-0.15, -0.1) is 0 Å². The van der Waals surface area contributed by atoms with Crippen molar-refractivity contribution in [3.63, 3.8) is 0 Å². The molecule has 0 saturated heterocycles. The molecule has 0 fully saturated rings.